The summed E-state index contributed by atoms with van der Waals surface area (Å²) in [7, 11) is 0. The van der Waals surface area contributed by atoms with Crippen LogP contribution in [0.15, 0.2) is 56.8 Å². The first-order chi connectivity index (χ1) is 14.2. The minimum Gasteiger partial charge on any atom is -0.375 e. The average Bonchev–Trinajstić information content (AvgIpc) is 3.21. The Morgan fingerprint density at radius 3 is 2.57 bits per heavy atom. The third kappa shape index (κ3) is 3.80. The van der Waals surface area contributed by atoms with Crippen LogP contribution in [-0.4, -0.2) is 16.8 Å². The minimum absolute atomic E-state index is 0.263. The van der Waals surface area contributed by atoms with Crippen LogP contribution in [0.2, 0.25) is 0 Å². The van der Waals surface area contributed by atoms with Gasteiger partial charge in [-0.3, -0.25) is 9.59 Å². The molecule has 0 fully saturated rings. The second kappa shape index (κ2) is 8.04. The van der Waals surface area contributed by atoms with Crippen LogP contribution in [0.25, 0.3) is 0 Å². The molecule has 154 valence electrons. The zero-order valence-electron chi connectivity index (χ0n) is 16.4. The Labute approximate surface area is 195 Å². The van der Waals surface area contributed by atoms with Gasteiger partial charge in [0, 0.05) is 10.0 Å². The smallest absolute Gasteiger partial charge is 0.264 e. The highest BCUT2D eigenvalue weighted by Gasteiger charge is 2.51. The fraction of sp³-hybridized carbons (Fsp3) is 0.217. The van der Waals surface area contributed by atoms with Gasteiger partial charge in [-0.25, -0.2) is 0 Å². The van der Waals surface area contributed by atoms with Gasteiger partial charge in [0.2, 0.25) is 0 Å². The van der Waals surface area contributed by atoms with Gasteiger partial charge in [0.15, 0.2) is 11.4 Å². The van der Waals surface area contributed by atoms with E-state index in [1.807, 2.05) is 44.2 Å². The Bertz CT molecular complexity index is 1170. The molecule has 0 saturated heterocycles. The van der Waals surface area contributed by atoms with Gasteiger partial charge in [0.1, 0.15) is 0 Å². The van der Waals surface area contributed by atoms with Gasteiger partial charge in [-0.15, -0.1) is 11.3 Å². The summed E-state index contributed by atoms with van der Waals surface area (Å²) >= 11 is 8.08. The zero-order chi connectivity index (χ0) is 21.6. The number of carbonyl (C=O) groups is 2. The van der Waals surface area contributed by atoms with Crippen LogP contribution >= 0.6 is 43.2 Å². The van der Waals surface area contributed by atoms with Crippen LogP contribution in [0.1, 0.15) is 38.3 Å². The van der Waals surface area contributed by atoms with E-state index in [1.54, 1.807) is 23.1 Å². The lowest BCUT2D eigenvalue weighted by Gasteiger charge is -2.23. The lowest BCUT2D eigenvalue weighted by molar-refractivity contribution is -0.136. The van der Waals surface area contributed by atoms with Gasteiger partial charge in [-0.1, -0.05) is 39.7 Å². The van der Waals surface area contributed by atoms with Crippen LogP contribution in [-0.2, 0) is 16.9 Å². The molecule has 0 radical (unpaired) electrons. The van der Waals surface area contributed by atoms with Crippen LogP contribution in [0.3, 0.4) is 0 Å². The Morgan fingerprint density at radius 2 is 1.87 bits per heavy atom. The van der Waals surface area contributed by atoms with Crippen molar-refractivity contribution < 1.29 is 14.7 Å². The minimum atomic E-state index is -1.90. The Kier molecular flexibility index (Phi) is 5.74. The van der Waals surface area contributed by atoms with Gasteiger partial charge >= 0.3 is 0 Å². The van der Waals surface area contributed by atoms with Gasteiger partial charge in [-0.2, -0.15) is 0 Å². The number of halogens is 2. The van der Waals surface area contributed by atoms with Crippen LogP contribution in [0.4, 0.5) is 5.69 Å². The van der Waals surface area contributed by atoms with Crippen molar-refractivity contribution in [2.45, 2.75) is 32.4 Å². The highest BCUT2D eigenvalue weighted by atomic mass is 79.9. The summed E-state index contributed by atoms with van der Waals surface area (Å²) in [5.74, 6) is -0.735. The maximum absolute atomic E-state index is 13.5. The van der Waals surface area contributed by atoms with Crippen LogP contribution in [0.5, 0.6) is 0 Å². The number of carbonyl (C=O) groups excluding carboxylic acids is 2. The summed E-state index contributed by atoms with van der Waals surface area (Å²) in [5.41, 5.74) is 2.37. The number of rotatable bonds is 5. The van der Waals surface area contributed by atoms with Crippen molar-refractivity contribution in [2.24, 2.45) is 0 Å². The van der Waals surface area contributed by atoms with E-state index in [4.69, 9.17) is 0 Å². The standard InChI is InChI=1S/C23H19Br2NO3S/c1-13-3-4-14(2)15(9-13)12-26-18-6-5-16(24)10-17(18)23(29,22(26)28)11-19(27)20-7-8-21(25)30-20/h3-10,29H,11-12H2,1-2H3/t23-/m1/s1. The first-order valence-electron chi connectivity index (χ1n) is 9.38. The number of hydrogen-bond acceptors (Lipinski definition) is 4. The molecule has 4 rings (SSSR count). The maximum Gasteiger partial charge on any atom is 0.264 e. The van der Waals surface area contributed by atoms with E-state index >= 15 is 0 Å². The molecular formula is C23H19Br2NO3S. The molecule has 2 aromatic carbocycles. The van der Waals surface area contributed by atoms with Crippen LogP contribution < -0.4 is 4.90 Å². The van der Waals surface area contributed by atoms with Crippen LogP contribution in [0, 0.1) is 13.8 Å². The summed E-state index contributed by atoms with van der Waals surface area (Å²) in [4.78, 5) is 28.4. The van der Waals surface area contributed by atoms with Crippen molar-refractivity contribution in [3.8, 4) is 0 Å². The molecule has 3 aromatic rings. The molecule has 0 saturated carbocycles. The molecular weight excluding hydrogens is 530 g/mol. The first-order valence-corrected chi connectivity index (χ1v) is 11.8. The third-order valence-corrected chi connectivity index (χ3v) is 7.55. The Balaban J connectivity index is 1.74. The topological polar surface area (TPSA) is 57.6 Å². The fourth-order valence-corrected chi connectivity index (χ4v) is 5.46. The van der Waals surface area contributed by atoms with E-state index in [9.17, 15) is 14.7 Å². The number of hydrogen-bond donors (Lipinski definition) is 1. The van der Waals surface area contributed by atoms with E-state index in [1.165, 1.54) is 11.3 Å². The zero-order valence-corrected chi connectivity index (χ0v) is 20.4. The highest BCUT2D eigenvalue weighted by molar-refractivity contribution is 9.11. The summed E-state index contributed by atoms with van der Waals surface area (Å²) < 4.78 is 1.57. The van der Waals surface area contributed by atoms with Crippen molar-refractivity contribution in [1.29, 1.82) is 0 Å². The van der Waals surface area contributed by atoms with Crippen molar-refractivity contribution in [3.05, 3.63) is 83.9 Å². The molecule has 0 unspecified atom stereocenters. The molecule has 2 heterocycles. The molecule has 1 amide bonds. The first kappa shape index (κ1) is 21.4. The second-order valence-corrected chi connectivity index (χ2v) is 10.9. The molecule has 1 N–H and O–H groups in total. The normalized spacial score (nSPS) is 18.0. The number of ketones is 1. The number of fused-ring (bicyclic) bond motifs is 1. The Morgan fingerprint density at radius 1 is 1.10 bits per heavy atom. The molecule has 0 spiro atoms. The maximum atomic E-state index is 13.5. The van der Waals surface area contributed by atoms with Gasteiger partial charge < -0.3 is 10.0 Å². The molecule has 30 heavy (non-hydrogen) atoms. The third-order valence-electron chi connectivity index (χ3n) is 5.39. The summed E-state index contributed by atoms with van der Waals surface area (Å²) in [6.07, 6.45) is -0.300. The molecule has 4 nitrogen and oxygen atoms in total. The molecule has 0 bridgehead atoms. The number of Topliss-reactive ketones (excluding diaryl/α,β-unsaturated/α-hetero) is 1. The molecule has 0 aliphatic carbocycles. The molecule has 1 atom stereocenters. The van der Waals surface area contributed by atoms with E-state index in [0.29, 0.717) is 22.7 Å². The molecule has 1 aromatic heterocycles. The van der Waals surface area contributed by atoms with E-state index < -0.39 is 11.5 Å². The quantitative estimate of drug-likeness (QED) is 0.404. The Hall–Kier alpha value is -1.80. The lowest BCUT2D eigenvalue weighted by Crippen LogP contribution is -2.41. The number of anilines is 1. The second-order valence-electron chi connectivity index (χ2n) is 7.55. The molecule has 1 aliphatic heterocycles. The van der Waals surface area contributed by atoms with E-state index in [0.717, 1.165) is 24.9 Å². The number of thiophene rings is 1. The summed E-state index contributed by atoms with van der Waals surface area (Å²) in [5, 5.41) is 11.5. The SMILES string of the molecule is Cc1ccc(C)c(CN2C(=O)[C@@](O)(CC(=O)c3ccc(Br)s3)c3cc(Br)ccc32)c1. The average molecular weight is 549 g/mol. The van der Waals surface area contributed by atoms with Gasteiger partial charge in [-0.05, 0) is 71.2 Å². The van der Waals surface area contributed by atoms with Gasteiger partial charge in [0.05, 0.1) is 27.3 Å². The number of nitrogens with zero attached hydrogens (tertiary/aromatic N) is 1. The highest BCUT2D eigenvalue weighted by Crippen LogP contribution is 2.45. The number of amides is 1. The van der Waals surface area contributed by atoms with Crippen molar-refractivity contribution in [2.75, 3.05) is 4.90 Å². The summed E-state index contributed by atoms with van der Waals surface area (Å²) in [6.45, 7) is 4.35. The monoisotopic (exact) mass is 547 g/mol. The lowest BCUT2D eigenvalue weighted by atomic mass is 9.89. The number of benzene rings is 2. The van der Waals surface area contributed by atoms with E-state index in [-0.39, 0.29) is 12.2 Å². The molecule has 1 aliphatic rings. The predicted octanol–water partition coefficient (Wildman–Crippen LogP) is 5.90. The number of aryl methyl sites for hydroxylation is 2. The number of aliphatic hydroxyl groups is 1. The fourth-order valence-electron chi connectivity index (χ4n) is 3.78. The predicted molar refractivity (Wildman–Crippen MR) is 126 cm³/mol. The molecule has 7 heteroatoms. The van der Waals surface area contributed by atoms with E-state index in [2.05, 4.69) is 31.9 Å². The van der Waals surface area contributed by atoms with Crippen molar-refractivity contribution >= 4 is 60.6 Å². The van der Waals surface area contributed by atoms with Crippen molar-refractivity contribution in [3.63, 3.8) is 0 Å². The van der Waals surface area contributed by atoms with Gasteiger partial charge in [0.25, 0.3) is 5.91 Å². The van der Waals surface area contributed by atoms with Crippen molar-refractivity contribution in [1.82, 2.24) is 0 Å². The summed E-state index contributed by atoms with van der Waals surface area (Å²) in [6, 6.07) is 15.0. The largest absolute Gasteiger partial charge is 0.375 e.